The van der Waals surface area contributed by atoms with Gasteiger partial charge in [-0.1, -0.05) is 0 Å². The van der Waals surface area contributed by atoms with E-state index in [9.17, 15) is 0 Å². The number of rotatable bonds is 4. The van der Waals surface area contributed by atoms with Crippen molar-refractivity contribution in [3.05, 3.63) is 6.07 Å². The van der Waals surface area contributed by atoms with Crippen LogP contribution in [0.4, 0.5) is 17.6 Å². The summed E-state index contributed by atoms with van der Waals surface area (Å²) in [5, 5.41) is 3.15. The summed E-state index contributed by atoms with van der Waals surface area (Å²) in [7, 11) is 2.05. The number of nitrogens with zero attached hydrogens (tertiary/aromatic N) is 3. The van der Waals surface area contributed by atoms with E-state index in [1.54, 1.807) is 0 Å². The molecule has 0 amide bonds. The van der Waals surface area contributed by atoms with E-state index < -0.39 is 0 Å². The molecule has 5 heteroatoms. The van der Waals surface area contributed by atoms with Crippen LogP contribution in [0.5, 0.6) is 0 Å². The molecule has 1 aliphatic rings. The molecule has 2 rings (SSSR count). The Morgan fingerprint density at radius 1 is 1.53 bits per heavy atom. The molecular formula is C10H17N5. The van der Waals surface area contributed by atoms with Gasteiger partial charge in [-0.15, -0.1) is 0 Å². The average Bonchev–Trinajstić information content (AvgIpc) is 2.99. The van der Waals surface area contributed by atoms with Crippen LogP contribution in [0, 0.1) is 0 Å². The second kappa shape index (κ2) is 3.92. The maximum atomic E-state index is 5.66. The van der Waals surface area contributed by atoms with Crippen molar-refractivity contribution in [2.45, 2.75) is 25.8 Å². The number of nitrogens with two attached hydrogens (primary N) is 1. The lowest BCUT2D eigenvalue weighted by molar-refractivity contribution is 0.888. The Bertz CT molecular complexity index is 348. The predicted octanol–water partition coefficient (Wildman–Crippen LogP) is 1.09. The molecule has 3 N–H and O–H groups in total. The van der Waals surface area contributed by atoms with E-state index in [1.165, 1.54) is 12.8 Å². The van der Waals surface area contributed by atoms with Gasteiger partial charge in [0.15, 0.2) is 0 Å². The van der Waals surface area contributed by atoms with Gasteiger partial charge in [0.2, 0.25) is 5.95 Å². The summed E-state index contributed by atoms with van der Waals surface area (Å²) in [4.78, 5) is 10.5. The molecule has 15 heavy (non-hydrogen) atoms. The topological polar surface area (TPSA) is 67.1 Å². The molecule has 0 aliphatic heterocycles. The van der Waals surface area contributed by atoms with Crippen LogP contribution in [0.25, 0.3) is 0 Å². The van der Waals surface area contributed by atoms with Gasteiger partial charge in [-0.05, 0) is 19.8 Å². The Balaban J connectivity index is 2.21. The zero-order valence-corrected chi connectivity index (χ0v) is 9.20. The van der Waals surface area contributed by atoms with Crippen LogP contribution in [0.2, 0.25) is 0 Å². The summed E-state index contributed by atoms with van der Waals surface area (Å²) >= 11 is 0. The summed E-state index contributed by atoms with van der Waals surface area (Å²) in [5.74, 6) is 2.03. The summed E-state index contributed by atoms with van der Waals surface area (Å²) in [6.45, 7) is 2.87. The van der Waals surface area contributed by atoms with Crippen molar-refractivity contribution in [1.82, 2.24) is 9.97 Å². The normalized spacial score (nSPS) is 15.1. The smallest absolute Gasteiger partial charge is 0.223 e. The molecule has 1 saturated carbocycles. The minimum atomic E-state index is 0.330. The highest BCUT2D eigenvalue weighted by molar-refractivity contribution is 5.53. The molecule has 1 aromatic rings. The third kappa shape index (κ3) is 2.29. The van der Waals surface area contributed by atoms with Crippen LogP contribution < -0.4 is 16.0 Å². The van der Waals surface area contributed by atoms with Gasteiger partial charge in [0, 0.05) is 25.7 Å². The monoisotopic (exact) mass is 207 g/mol. The van der Waals surface area contributed by atoms with Crippen molar-refractivity contribution < 1.29 is 0 Å². The number of hydrogen-bond donors (Lipinski definition) is 2. The van der Waals surface area contributed by atoms with Gasteiger partial charge in [0.05, 0.1) is 0 Å². The van der Waals surface area contributed by atoms with Gasteiger partial charge in [0.1, 0.15) is 11.6 Å². The predicted molar refractivity (Wildman–Crippen MR) is 62.0 cm³/mol. The third-order valence-electron chi connectivity index (χ3n) is 2.54. The Morgan fingerprint density at radius 2 is 2.27 bits per heavy atom. The van der Waals surface area contributed by atoms with Gasteiger partial charge in [-0.2, -0.15) is 9.97 Å². The Kier molecular flexibility index (Phi) is 2.62. The molecule has 1 fully saturated rings. The van der Waals surface area contributed by atoms with E-state index in [0.29, 0.717) is 12.0 Å². The third-order valence-corrected chi connectivity index (χ3v) is 2.54. The highest BCUT2D eigenvalue weighted by Crippen LogP contribution is 2.30. The average molecular weight is 207 g/mol. The van der Waals surface area contributed by atoms with Gasteiger partial charge in [-0.25, -0.2) is 0 Å². The minimum Gasteiger partial charge on any atom is -0.370 e. The van der Waals surface area contributed by atoms with Crippen molar-refractivity contribution in [2.24, 2.45) is 0 Å². The summed E-state index contributed by atoms with van der Waals surface area (Å²) in [6, 6.07) is 2.58. The first kappa shape index (κ1) is 10.0. The molecule has 0 saturated heterocycles. The zero-order valence-electron chi connectivity index (χ0n) is 9.20. The first-order valence-corrected chi connectivity index (χ1v) is 5.32. The molecular weight excluding hydrogens is 190 g/mol. The van der Waals surface area contributed by atoms with Crippen LogP contribution >= 0.6 is 0 Å². The number of hydrogen-bond acceptors (Lipinski definition) is 5. The Hall–Kier alpha value is -1.52. The maximum Gasteiger partial charge on any atom is 0.223 e. The van der Waals surface area contributed by atoms with Crippen LogP contribution in [-0.4, -0.2) is 29.6 Å². The summed E-state index contributed by atoms with van der Waals surface area (Å²) in [6.07, 6.45) is 2.49. The fourth-order valence-corrected chi connectivity index (χ4v) is 1.55. The largest absolute Gasteiger partial charge is 0.370 e. The lowest BCUT2D eigenvalue weighted by Gasteiger charge is -2.18. The minimum absolute atomic E-state index is 0.330. The molecule has 1 heterocycles. The van der Waals surface area contributed by atoms with Crippen molar-refractivity contribution >= 4 is 17.6 Å². The number of aromatic nitrogens is 2. The van der Waals surface area contributed by atoms with Crippen LogP contribution in [0.15, 0.2) is 6.07 Å². The van der Waals surface area contributed by atoms with Gasteiger partial charge in [-0.3, -0.25) is 0 Å². The highest BCUT2D eigenvalue weighted by Gasteiger charge is 2.27. The first-order valence-electron chi connectivity index (χ1n) is 5.32. The van der Waals surface area contributed by atoms with Crippen molar-refractivity contribution in [3.8, 4) is 0 Å². The summed E-state index contributed by atoms with van der Waals surface area (Å²) < 4.78 is 0. The van der Waals surface area contributed by atoms with E-state index in [2.05, 4.69) is 27.2 Å². The van der Waals surface area contributed by atoms with Gasteiger partial charge in [0.25, 0.3) is 0 Å². The number of anilines is 3. The van der Waals surface area contributed by atoms with Gasteiger partial charge < -0.3 is 16.0 Å². The molecule has 0 spiro atoms. The molecule has 82 valence electrons. The highest BCUT2D eigenvalue weighted by atomic mass is 15.2. The number of nitrogens with one attached hydrogen (secondary N) is 1. The van der Waals surface area contributed by atoms with Crippen LogP contribution in [0.1, 0.15) is 19.8 Å². The van der Waals surface area contributed by atoms with Crippen LogP contribution in [-0.2, 0) is 0 Å². The fourth-order valence-electron chi connectivity index (χ4n) is 1.55. The molecule has 0 atom stereocenters. The quantitative estimate of drug-likeness (QED) is 0.773. The summed E-state index contributed by atoms with van der Waals surface area (Å²) in [5.41, 5.74) is 5.66. The van der Waals surface area contributed by atoms with E-state index in [-0.39, 0.29) is 0 Å². The Morgan fingerprint density at radius 3 is 2.87 bits per heavy atom. The van der Waals surface area contributed by atoms with E-state index in [0.717, 1.165) is 18.2 Å². The lowest BCUT2D eigenvalue weighted by atomic mass is 10.4. The van der Waals surface area contributed by atoms with E-state index in [4.69, 9.17) is 5.73 Å². The number of nitrogen functional groups attached to an aromatic ring is 1. The van der Waals surface area contributed by atoms with Crippen molar-refractivity contribution in [1.29, 1.82) is 0 Å². The Labute approximate surface area is 89.7 Å². The molecule has 0 bridgehead atoms. The molecule has 5 nitrogen and oxygen atoms in total. The van der Waals surface area contributed by atoms with Crippen LogP contribution in [0.3, 0.4) is 0 Å². The maximum absolute atomic E-state index is 5.66. The van der Waals surface area contributed by atoms with Crippen molar-refractivity contribution in [2.75, 3.05) is 29.5 Å². The molecule has 0 unspecified atom stereocenters. The second-order valence-electron chi connectivity index (χ2n) is 3.84. The second-order valence-corrected chi connectivity index (χ2v) is 3.84. The fraction of sp³-hybridized carbons (Fsp3) is 0.600. The van der Waals surface area contributed by atoms with Gasteiger partial charge >= 0.3 is 0 Å². The zero-order chi connectivity index (χ0) is 10.8. The van der Waals surface area contributed by atoms with Crippen molar-refractivity contribution in [3.63, 3.8) is 0 Å². The molecule has 0 radical (unpaired) electrons. The molecule has 1 aliphatic carbocycles. The van der Waals surface area contributed by atoms with E-state index in [1.807, 2.05) is 13.0 Å². The SMILES string of the molecule is CCNc1cc(N(C)C2CC2)nc(N)n1. The lowest BCUT2D eigenvalue weighted by Crippen LogP contribution is -2.21. The first-order chi connectivity index (χ1) is 7.20. The standard InChI is InChI=1S/C10H17N5/c1-3-12-8-6-9(14-10(11)13-8)15(2)7-4-5-7/h6-7H,3-5H2,1-2H3,(H3,11,12,13,14). The molecule has 1 aromatic heterocycles. The molecule has 0 aromatic carbocycles. The van der Waals surface area contributed by atoms with E-state index >= 15 is 0 Å².